The van der Waals surface area contributed by atoms with Gasteiger partial charge in [-0.2, -0.15) is 0 Å². The Bertz CT molecular complexity index is 487. The van der Waals surface area contributed by atoms with Gasteiger partial charge in [0.05, 0.1) is 6.04 Å². The van der Waals surface area contributed by atoms with E-state index >= 15 is 0 Å². The minimum absolute atomic E-state index is 0.210. The standard InChI is InChI=1S/C10H11FN4/c11-7-3-4-9-13-14-10(15(9)6-7)8-2-1-5-12-8/h3-4,6,8,12H,1-2,5H2. The summed E-state index contributed by atoms with van der Waals surface area (Å²) in [5, 5.41) is 11.4. The number of aromatic nitrogens is 3. The fourth-order valence-electron chi connectivity index (χ4n) is 2.03. The maximum atomic E-state index is 13.1. The van der Waals surface area contributed by atoms with E-state index in [0.717, 1.165) is 25.2 Å². The molecule has 1 aliphatic heterocycles. The van der Waals surface area contributed by atoms with Gasteiger partial charge >= 0.3 is 0 Å². The molecule has 1 N–H and O–H groups in total. The molecule has 1 fully saturated rings. The molecule has 0 aromatic carbocycles. The molecular formula is C10H11FN4. The molecule has 4 nitrogen and oxygen atoms in total. The van der Waals surface area contributed by atoms with Crippen LogP contribution in [-0.4, -0.2) is 21.1 Å². The number of nitrogens with zero attached hydrogens (tertiary/aromatic N) is 3. The molecule has 0 spiro atoms. The molecule has 2 aromatic heterocycles. The van der Waals surface area contributed by atoms with Crippen LogP contribution in [0.4, 0.5) is 4.39 Å². The lowest BCUT2D eigenvalue weighted by Gasteiger charge is -2.07. The summed E-state index contributed by atoms with van der Waals surface area (Å²) < 4.78 is 14.8. The SMILES string of the molecule is Fc1ccc2nnc(C3CCCN3)n2c1. The van der Waals surface area contributed by atoms with Crippen LogP contribution < -0.4 is 5.32 Å². The lowest BCUT2D eigenvalue weighted by molar-refractivity contribution is 0.585. The lowest BCUT2D eigenvalue weighted by Crippen LogP contribution is -2.15. The minimum Gasteiger partial charge on any atom is -0.307 e. The molecule has 2 aromatic rings. The van der Waals surface area contributed by atoms with Gasteiger partial charge in [0.1, 0.15) is 5.82 Å². The maximum absolute atomic E-state index is 13.1. The van der Waals surface area contributed by atoms with Crippen LogP contribution in [0, 0.1) is 5.82 Å². The van der Waals surface area contributed by atoms with Crippen molar-refractivity contribution in [3.63, 3.8) is 0 Å². The quantitative estimate of drug-likeness (QED) is 0.764. The molecule has 78 valence electrons. The summed E-state index contributed by atoms with van der Waals surface area (Å²) in [6.45, 7) is 0.995. The summed E-state index contributed by atoms with van der Waals surface area (Å²) >= 11 is 0. The number of rotatable bonds is 1. The zero-order valence-electron chi connectivity index (χ0n) is 8.15. The molecule has 3 rings (SSSR count). The van der Waals surface area contributed by atoms with Crippen molar-refractivity contribution < 1.29 is 4.39 Å². The predicted molar refractivity (Wildman–Crippen MR) is 52.9 cm³/mol. The Morgan fingerprint density at radius 3 is 3.13 bits per heavy atom. The third-order valence-electron chi connectivity index (χ3n) is 2.76. The van der Waals surface area contributed by atoms with Crippen LogP contribution in [-0.2, 0) is 0 Å². The van der Waals surface area contributed by atoms with E-state index in [1.165, 1.54) is 12.3 Å². The highest BCUT2D eigenvalue weighted by molar-refractivity contribution is 5.38. The van der Waals surface area contributed by atoms with Crippen LogP contribution in [0.15, 0.2) is 18.3 Å². The molecule has 0 radical (unpaired) electrons. The number of hydrogen-bond donors (Lipinski definition) is 1. The van der Waals surface area contributed by atoms with Gasteiger partial charge in [0.25, 0.3) is 0 Å². The largest absolute Gasteiger partial charge is 0.307 e. The van der Waals surface area contributed by atoms with Crippen LogP contribution >= 0.6 is 0 Å². The predicted octanol–water partition coefficient (Wildman–Crippen LogP) is 1.29. The zero-order valence-corrected chi connectivity index (χ0v) is 8.15. The first-order valence-electron chi connectivity index (χ1n) is 5.08. The average molecular weight is 206 g/mol. The minimum atomic E-state index is -0.262. The van der Waals surface area contributed by atoms with Crippen LogP contribution in [0.3, 0.4) is 0 Å². The van der Waals surface area contributed by atoms with Gasteiger partial charge in [-0.05, 0) is 31.5 Å². The first kappa shape index (κ1) is 8.79. The second-order valence-corrected chi connectivity index (χ2v) is 3.78. The Labute approximate surface area is 86.1 Å². The molecule has 5 heteroatoms. The van der Waals surface area contributed by atoms with Crippen LogP contribution in [0.25, 0.3) is 5.65 Å². The van der Waals surface area contributed by atoms with E-state index in [4.69, 9.17) is 0 Å². The fourth-order valence-corrected chi connectivity index (χ4v) is 2.03. The zero-order chi connectivity index (χ0) is 10.3. The topological polar surface area (TPSA) is 42.2 Å². The highest BCUT2D eigenvalue weighted by Gasteiger charge is 2.21. The number of halogens is 1. The number of fused-ring (bicyclic) bond motifs is 1. The molecule has 0 amide bonds. The van der Waals surface area contributed by atoms with Gasteiger partial charge in [0, 0.05) is 6.20 Å². The van der Waals surface area contributed by atoms with Crippen molar-refractivity contribution in [3.8, 4) is 0 Å². The van der Waals surface area contributed by atoms with Crippen LogP contribution in [0.1, 0.15) is 24.7 Å². The van der Waals surface area contributed by atoms with Gasteiger partial charge < -0.3 is 5.32 Å². The van der Waals surface area contributed by atoms with Gasteiger partial charge in [-0.3, -0.25) is 4.40 Å². The van der Waals surface area contributed by atoms with Gasteiger partial charge in [-0.1, -0.05) is 0 Å². The fraction of sp³-hybridized carbons (Fsp3) is 0.400. The summed E-state index contributed by atoms with van der Waals surface area (Å²) in [6, 6.07) is 3.25. The molecule has 15 heavy (non-hydrogen) atoms. The summed E-state index contributed by atoms with van der Waals surface area (Å²) in [5.41, 5.74) is 0.695. The average Bonchev–Trinajstić information content (AvgIpc) is 2.83. The van der Waals surface area contributed by atoms with Crippen molar-refractivity contribution in [2.24, 2.45) is 0 Å². The molecule has 0 bridgehead atoms. The van der Waals surface area contributed by atoms with Crippen molar-refractivity contribution >= 4 is 5.65 Å². The van der Waals surface area contributed by atoms with Crippen molar-refractivity contribution in [2.45, 2.75) is 18.9 Å². The van der Waals surface area contributed by atoms with Gasteiger partial charge in [0.2, 0.25) is 0 Å². The molecule has 1 unspecified atom stereocenters. The highest BCUT2D eigenvalue weighted by Crippen LogP contribution is 2.21. The maximum Gasteiger partial charge on any atom is 0.160 e. The summed E-state index contributed by atoms with van der Waals surface area (Å²) in [5.74, 6) is 0.545. The Hall–Kier alpha value is -1.49. The second kappa shape index (κ2) is 3.27. The summed E-state index contributed by atoms with van der Waals surface area (Å²) in [6.07, 6.45) is 3.61. The first-order valence-corrected chi connectivity index (χ1v) is 5.08. The Kier molecular flexibility index (Phi) is 1.92. The number of pyridine rings is 1. The molecule has 0 saturated carbocycles. The van der Waals surface area contributed by atoms with E-state index in [1.807, 2.05) is 0 Å². The van der Waals surface area contributed by atoms with E-state index in [2.05, 4.69) is 15.5 Å². The van der Waals surface area contributed by atoms with Crippen molar-refractivity contribution in [2.75, 3.05) is 6.54 Å². The summed E-state index contributed by atoms with van der Waals surface area (Å²) in [4.78, 5) is 0. The molecule has 1 atom stereocenters. The Morgan fingerprint density at radius 1 is 1.40 bits per heavy atom. The van der Waals surface area contributed by atoms with Gasteiger partial charge in [-0.15, -0.1) is 10.2 Å². The monoisotopic (exact) mass is 206 g/mol. The third-order valence-corrected chi connectivity index (χ3v) is 2.76. The van der Waals surface area contributed by atoms with Crippen LogP contribution in [0.2, 0.25) is 0 Å². The Balaban J connectivity index is 2.13. The number of nitrogens with one attached hydrogen (secondary N) is 1. The molecular weight excluding hydrogens is 195 g/mol. The first-order chi connectivity index (χ1) is 7.34. The van der Waals surface area contributed by atoms with Crippen LogP contribution in [0.5, 0.6) is 0 Å². The van der Waals surface area contributed by atoms with E-state index in [-0.39, 0.29) is 11.9 Å². The van der Waals surface area contributed by atoms with Crippen molar-refractivity contribution in [3.05, 3.63) is 30.0 Å². The normalized spacial score (nSPS) is 21.3. The van der Waals surface area contributed by atoms with E-state index in [0.29, 0.717) is 5.65 Å². The van der Waals surface area contributed by atoms with Crippen molar-refractivity contribution in [1.82, 2.24) is 19.9 Å². The number of hydrogen-bond acceptors (Lipinski definition) is 3. The highest BCUT2D eigenvalue weighted by atomic mass is 19.1. The second-order valence-electron chi connectivity index (χ2n) is 3.78. The third kappa shape index (κ3) is 1.39. The van der Waals surface area contributed by atoms with Gasteiger partial charge in [-0.25, -0.2) is 4.39 Å². The molecule has 1 aliphatic rings. The molecule has 0 aliphatic carbocycles. The van der Waals surface area contributed by atoms with Crippen molar-refractivity contribution in [1.29, 1.82) is 0 Å². The van der Waals surface area contributed by atoms with Gasteiger partial charge in [0.15, 0.2) is 11.5 Å². The van der Waals surface area contributed by atoms with E-state index < -0.39 is 0 Å². The molecule has 1 saturated heterocycles. The smallest absolute Gasteiger partial charge is 0.160 e. The van der Waals surface area contributed by atoms with E-state index in [9.17, 15) is 4.39 Å². The lowest BCUT2D eigenvalue weighted by atomic mass is 10.2. The Morgan fingerprint density at radius 2 is 2.33 bits per heavy atom. The molecule has 3 heterocycles. The van der Waals surface area contributed by atoms with E-state index in [1.54, 1.807) is 10.5 Å². The summed E-state index contributed by atoms with van der Waals surface area (Å²) in [7, 11) is 0.